The fourth-order valence-corrected chi connectivity index (χ4v) is 1.42. The molecule has 0 bridgehead atoms. The number of benzene rings is 1. The van der Waals surface area contributed by atoms with Crippen molar-refractivity contribution in [1.82, 2.24) is 0 Å². The first-order valence-electron chi connectivity index (χ1n) is 4.18. The van der Waals surface area contributed by atoms with Crippen molar-refractivity contribution < 1.29 is 9.25 Å². The molecule has 2 aromatic rings. The van der Waals surface area contributed by atoms with E-state index in [1.54, 1.807) is 6.26 Å². The monoisotopic (exact) mass is 177 g/mol. The van der Waals surface area contributed by atoms with Crippen LogP contribution in [0.5, 0.6) is 0 Å². The van der Waals surface area contributed by atoms with Gasteiger partial charge < -0.3 is 9.25 Å². The molecular weight excluding hydrogens is 166 g/mol. The van der Waals surface area contributed by atoms with Gasteiger partial charge in [-0.25, -0.2) is 5.90 Å². The van der Waals surface area contributed by atoms with Gasteiger partial charge >= 0.3 is 0 Å². The Balaban J connectivity index is 2.37. The van der Waals surface area contributed by atoms with Crippen molar-refractivity contribution in [2.24, 2.45) is 5.90 Å². The Hall–Kier alpha value is -1.32. The molecule has 3 heteroatoms. The summed E-state index contributed by atoms with van der Waals surface area (Å²) in [5.41, 5.74) is 2.06. The Kier molecular flexibility index (Phi) is 2.29. The molecule has 0 aliphatic carbocycles. The maximum atomic E-state index is 5.35. The second-order valence-corrected chi connectivity index (χ2v) is 2.88. The number of nitrogens with two attached hydrogens (primary N) is 1. The van der Waals surface area contributed by atoms with Gasteiger partial charge in [0.15, 0.2) is 0 Å². The minimum absolute atomic E-state index is 0.514. The van der Waals surface area contributed by atoms with E-state index in [1.807, 2.05) is 24.3 Å². The van der Waals surface area contributed by atoms with Crippen LogP contribution >= 0.6 is 0 Å². The van der Waals surface area contributed by atoms with Crippen LogP contribution in [-0.4, -0.2) is 6.61 Å². The average molecular weight is 177 g/mol. The summed E-state index contributed by atoms with van der Waals surface area (Å²) >= 11 is 0. The molecule has 0 aliphatic rings. The summed E-state index contributed by atoms with van der Waals surface area (Å²) in [4.78, 5) is 4.53. The largest absolute Gasteiger partial charge is 0.464 e. The summed E-state index contributed by atoms with van der Waals surface area (Å²) < 4.78 is 5.35. The second kappa shape index (κ2) is 3.60. The highest BCUT2D eigenvalue weighted by molar-refractivity contribution is 5.80. The zero-order chi connectivity index (χ0) is 9.10. The lowest BCUT2D eigenvalue weighted by atomic mass is 10.1. The zero-order valence-corrected chi connectivity index (χ0v) is 7.19. The van der Waals surface area contributed by atoms with Crippen LogP contribution in [0, 0.1) is 0 Å². The molecule has 68 valence electrons. The highest BCUT2D eigenvalue weighted by Gasteiger charge is 2.02. The molecule has 0 saturated heterocycles. The van der Waals surface area contributed by atoms with E-state index in [9.17, 15) is 0 Å². The average Bonchev–Trinajstić information content (AvgIpc) is 2.62. The quantitative estimate of drug-likeness (QED) is 0.728. The Morgan fingerprint density at radius 3 is 3.08 bits per heavy atom. The van der Waals surface area contributed by atoms with Crippen molar-refractivity contribution >= 4 is 11.0 Å². The van der Waals surface area contributed by atoms with Gasteiger partial charge in [0.05, 0.1) is 12.9 Å². The van der Waals surface area contributed by atoms with Crippen LogP contribution in [-0.2, 0) is 11.3 Å². The summed E-state index contributed by atoms with van der Waals surface area (Å²) in [6.45, 7) is 0.514. The van der Waals surface area contributed by atoms with Gasteiger partial charge in [-0.05, 0) is 11.6 Å². The fourth-order valence-electron chi connectivity index (χ4n) is 1.42. The Bertz CT molecular complexity index is 394. The van der Waals surface area contributed by atoms with E-state index < -0.39 is 0 Å². The minimum Gasteiger partial charge on any atom is -0.464 e. The highest BCUT2D eigenvalue weighted by Crippen LogP contribution is 2.19. The van der Waals surface area contributed by atoms with Gasteiger partial charge in [-0.15, -0.1) is 0 Å². The molecule has 1 aromatic carbocycles. The van der Waals surface area contributed by atoms with Crippen LogP contribution in [0.2, 0.25) is 0 Å². The number of furan rings is 1. The Labute approximate surface area is 76.0 Å². The molecule has 0 unspecified atom stereocenters. The molecule has 2 N–H and O–H groups in total. The van der Waals surface area contributed by atoms with Crippen molar-refractivity contribution in [2.45, 2.75) is 6.42 Å². The molecule has 0 radical (unpaired) electrons. The predicted octanol–water partition coefficient (Wildman–Crippen LogP) is 1.87. The van der Waals surface area contributed by atoms with E-state index in [0.29, 0.717) is 6.61 Å². The third-order valence-corrected chi connectivity index (χ3v) is 2.05. The van der Waals surface area contributed by atoms with Crippen LogP contribution in [0.25, 0.3) is 11.0 Å². The molecule has 0 fully saturated rings. The third kappa shape index (κ3) is 1.56. The molecule has 2 rings (SSSR count). The maximum Gasteiger partial charge on any atom is 0.137 e. The lowest BCUT2D eigenvalue weighted by molar-refractivity contribution is 0.141. The third-order valence-electron chi connectivity index (χ3n) is 2.05. The molecule has 1 heterocycles. The number of para-hydroxylation sites is 1. The molecule has 3 nitrogen and oxygen atoms in total. The summed E-state index contributed by atoms with van der Waals surface area (Å²) in [5.74, 6) is 4.97. The Morgan fingerprint density at radius 1 is 1.31 bits per heavy atom. The molecule has 0 atom stereocenters. The number of rotatable bonds is 3. The van der Waals surface area contributed by atoms with Crippen LogP contribution in [0.3, 0.4) is 0 Å². The van der Waals surface area contributed by atoms with E-state index in [2.05, 4.69) is 4.84 Å². The van der Waals surface area contributed by atoms with Gasteiger partial charge in [-0.3, -0.25) is 0 Å². The number of hydrogen-bond donors (Lipinski definition) is 1. The van der Waals surface area contributed by atoms with Crippen molar-refractivity contribution in [3.63, 3.8) is 0 Å². The molecule has 0 spiro atoms. The van der Waals surface area contributed by atoms with Gasteiger partial charge in [0.1, 0.15) is 5.58 Å². The molecule has 0 amide bonds. The SMILES string of the molecule is NOCCc1cccc2ccoc12. The smallest absolute Gasteiger partial charge is 0.137 e. The normalized spacial score (nSPS) is 10.8. The summed E-state index contributed by atoms with van der Waals surface area (Å²) in [6, 6.07) is 7.99. The lowest BCUT2D eigenvalue weighted by Crippen LogP contribution is -2.03. The molecule has 0 saturated carbocycles. The number of hydrogen-bond acceptors (Lipinski definition) is 3. The first-order chi connectivity index (χ1) is 6.42. The van der Waals surface area contributed by atoms with E-state index >= 15 is 0 Å². The fraction of sp³-hybridized carbons (Fsp3) is 0.200. The molecule has 0 aliphatic heterocycles. The first kappa shape index (κ1) is 8.29. The van der Waals surface area contributed by atoms with E-state index in [4.69, 9.17) is 10.3 Å². The lowest BCUT2D eigenvalue weighted by Gasteiger charge is -1.99. The van der Waals surface area contributed by atoms with Crippen molar-refractivity contribution in [3.8, 4) is 0 Å². The molecular formula is C10H11NO2. The molecule has 1 aromatic heterocycles. The predicted molar refractivity (Wildman–Crippen MR) is 50.1 cm³/mol. The first-order valence-corrected chi connectivity index (χ1v) is 4.18. The van der Waals surface area contributed by atoms with Crippen LogP contribution in [0.1, 0.15) is 5.56 Å². The van der Waals surface area contributed by atoms with Crippen molar-refractivity contribution in [3.05, 3.63) is 36.1 Å². The van der Waals surface area contributed by atoms with Gasteiger partial charge in [-0.1, -0.05) is 18.2 Å². The maximum absolute atomic E-state index is 5.35. The minimum atomic E-state index is 0.514. The van der Waals surface area contributed by atoms with Crippen LogP contribution in [0.15, 0.2) is 34.9 Å². The topological polar surface area (TPSA) is 48.4 Å². The highest BCUT2D eigenvalue weighted by atomic mass is 16.6. The molecule has 13 heavy (non-hydrogen) atoms. The van der Waals surface area contributed by atoms with E-state index in [-0.39, 0.29) is 0 Å². The van der Waals surface area contributed by atoms with Crippen molar-refractivity contribution in [1.29, 1.82) is 0 Å². The van der Waals surface area contributed by atoms with Crippen LogP contribution < -0.4 is 5.90 Å². The van der Waals surface area contributed by atoms with Gasteiger partial charge in [0, 0.05) is 11.8 Å². The van der Waals surface area contributed by atoms with Crippen molar-refractivity contribution in [2.75, 3.05) is 6.61 Å². The Morgan fingerprint density at radius 2 is 2.23 bits per heavy atom. The van der Waals surface area contributed by atoms with Crippen LogP contribution in [0.4, 0.5) is 0 Å². The second-order valence-electron chi connectivity index (χ2n) is 2.88. The van der Waals surface area contributed by atoms with Gasteiger partial charge in [0.2, 0.25) is 0 Å². The standard InChI is InChI=1S/C10H11NO2/c11-13-7-5-9-3-1-2-8-4-6-12-10(8)9/h1-4,6H,5,7,11H2. The van der Waals surface area contributed by atoms with E-state index in [1.165, 1.54) is 0 Å². The zero-order valence-electron chi connectivity index (χ0n) is 7.19. The summed E-state index contributed by atoms with van der Waals surface area (Å²) in [5, 5.41) is 1.12. The summed E-state index contributed by atoms with van der Waals surface area (Å²) in [6.07, 6.45) is 2.47. The van der Waals surface area contributed by atoms with Gasteiger partial charge in [-0.2, -0.15) is 0 Å². The van der Waals surface area contributed by atoms with Gasteiger partial charge in [0.25, 0.3) is 0 Å². The van der Waals surface area contributed by atoms with E-state index in [0.717, 1.165) is 23.0 Å². The number of fused-ring (bicyclic) bond motifs is 1. The summed E-state index contributed by atoms with van der Waals surface area (Å²) in [7, 11) is 0.